The second-order valence-corrected chi connectivity index (χ2v) is 9.24. The van der Waals surface area contributed by atoms with Crippen LogP contribution < -0.4 is 0 Å². The fraction of sp³-hybridized carbons (Fsp3) is 0.560. The maximum absolute atomic E-state index is 13.1. The van der Waals surface area contributed by atoms with Crippen molar-refractivity contribution in [3.8, 4) is 0 Å². The third kappa shape index (κ3) is 7.34. The molecule has 0 atom stereocenters. The van der Waals surface area contributed by atoms with E-state index in [9.17, 15) is 4.79 Å². The first kappa shape index (κ1) is 27.3. The first-order valence-corrected chi connectivity index (χ1v) is 12.2. The van der Waals surface area contributed by atoms with Crippen LogP contribution in [0.2, 0.25) is 0 Å². The van der Waals surface area contributed by atoms with Gasteiger partial charge in [0.1, 0.15) is 5.82 Å². The lowest BCUT2D eigenvalue weighted by Gasteiger charge is -2.40. The largest absolute Gasteiger partial charge is 0.483 e. The zero-order valence-corrected chi connectivity index (χ0v) is 20.7. The number of hydrogen-bond acceptors (Lipinski definition) is 7. The quantitative estimate of drug-likeness (QED) is 0.590. The second-order valence-electron chi connectivity index (χ2n) is 9.24. The Morgan fingerprint density at radius 3 is 2.42 bits per heavy atom. The minimum atomic E-state index is -0.307. The Morgan fingerprint density at radius 1 is 1.08 bits per heavy atom. The number of carboxylic acid groups (broad SMARTS) is 2. The van der Waals surface area contributed by atoms with Crippen molar-refractivity contribution in [2.24, 2.45) is 0 Å². The number of rotatable bonds is 5. The molecule has 2 aromatic heterocycles. The average molecular weight is 502 g/mol. The Hall–Kier alpha value is -3.31. The van der Waals surface area contributed by atoms with Crippen LogP contribution in [0.3, 0.4) is 0 Å². The van der Waals surface area contributed by atoms with E-state index in [4.69, 9.17) is 24.5 Å². The standard InChI is InChI=1S/C23H31N5O2.2CH2O2/c1-18-19(3-2-8-24-18)16-26-10-6-23(7-11-26)15-22(29)27(13-14-30-23)17-21-25-9-12-28(21)20-4-5-20;2*2-1-3/h2-3,8-9,12,20H,4-7,10-11,13-17H2,1H3;2*1H,(H,2,3). The van der Waals surface area contributed by atoms with Crippen LogP contribution in [0, 0.1) is 6.92 Å². The summed E-state index contributed by atoms with van der Waals surface area (Å²) in [5.74, 6) is 1.21. The predicted molar refractivity (Wildman–Crippen MR) is 130 cm³/mol. The van der Waals surface area contributed by atoms with Gasteiger partial charge in [-0.05, 0) is 44.2 Å². The molecule has 2 saturated heterocycles. The highest BCUT2D eigenvalue weighted by Gasteiger charge is 2.41. The molecule has 2 aliphatic heterocycles. The van der Waals surface area contributed by atoms with Gasteiger partial charge < -0.3 is 24.4 Å². The number of pyridine rings is 1. The molecule has 36 heavy (non-hydrogen) atoms. The highest BCUT2D eigenvalue weighted by Crippen LogP contribution is 2.36. The van der Waals surface area contributed by atoms with Gasteiger partial charge in [-0.25, -0.2) is 4.98 Å². The molecule has 1 spiro atoms. The van der Waals surface area contributed by atoms with Crippen molar-refractivity contribution in [2.45, 2.75) is 63.8 Å². The second kappa shape index (κ2) is 13.1. The van der Waals surface area contributed by atoms with Gasteiger partial charge >= 0.3 is 0 Å². The van der Waals surface area contributed by atoms with E-state index in [0.717, 1.165) is 44.0 Å². The van der Waals surface area contributed by atoms with Crippen LogP contribution in [0.5, 0.6) is 0 Å². The molecule has 0 radical (unpaired) electrons. The van der Waals surface area contributed by atoms with Crippen LogP contribution in [-0.2, 0) is 32.2 Å². The minimum Gasteiger partial charge on any atom is -0.483 e. The van der Waals surface area contributed by atoms with Gasteiger partial charge in [0.25, 0.3) is 12.9 Å². The zero-order chi connectivity index (χ0) is 26.0. The normalized spacial score (nSPS) is 19.4. The van der Waals surface area contributed by atoms with E-state index >= 15 is 0 Å². The van der Waals surface area contributed by atoms with Crippen molar-refractivity contribution in [2.75, 3.05) is 26.2 Å². The highest BCUT2D eigenvalue weighted by atomic mass is 16.5. The molecule has 3 fully saturated rings. The van der Waals surface area contributed by atoms with E-state index in [1.54, 1.807) is 0 Å². The third-order valence-electron chi connectivity index (χ3n) is 6.89. The molecule has 11 heteroatoms. The summed E-state index contributed by atoms with van der Waals surface area (Å²) >= 11 is 0. The summed E-state index contributed by atoms with van der Waals surface area (Å²) in [6.45, 7) is 6.24. The average Bonchev–Trinajstić information content (AvgIpc) is 3.62. The van der Waals surface area contributed by atoms with Gasteiger partial charge in [-0.2, -0.15) is 0 Å². The number of carbonyl (C=O) groups is 3. The molecule has 196 valence electrons. The number of hydrogen-bond donors (Lipinski definition) is 2. The molecule has 11 nitrogen and oxygen atoms in total. The fourth-order valence-electron chi connectivity index (χ4n) is 4.79. The number of aryl methyl sites for hydroxylation is 1. The molecule has 0 bridgehead atoms. The summed E-state index contributed by atoms with van der Waals surface area (Å²) in [6, 6.07) is 4.74. The number of piperidine rings is 1. The summed E-state index contributed by atoms with van der Waals surface area (Å²) in [4.78, 5) is 43.2. The van der Waals surface area contributed by atoms with Crippen LogP contribution in [0.4, 0.5) is 0 Å². The first-order chi connectivity index (χ1) is 17.4. The number of nitrogens with zero attached hydrogens (tertiary/aromatic N) is 5. The number of carbonyl (C=O) groups excluding carboxylic acids is 1. The van der Waals surface area contributed by atoms with Crippen LogP contribution in [0.15, 0.2) is 30.7 Å². The zero-order valence-electron chi connectivity index (χ0n) is 20.7. The number of aromatic nitrogens is 3. The van der Waals surface area contributed by atoms with Crippen molar-refractivity contribution in [1.29, 1.82) is 0 Å². The van der Waals surface area contributed by atoms with Gasteiger partial charge in [-0.15, -0.1) is 0 Å². The van der Waals surface area contributed by atoms with Crippen molar-refractivity contribution < 1.29 is 29.3 Å². The molecule has 5 rings (SSSR count). The SMILES string of the molecule is Cc1ncccc1CN1CCC2(CC1)CC(=O)N(Cc1nccn1C1CC1)CCO2.O=CO.O=CO. The summed E-state index contributed by atoms with van der Waals surface area (Å²) < 4.78 is 8.58. The van der Waals surface area contributed by atoms with E-state index in [1.807, 2.05) is 29.6 Å². The summed E-state index contributed by atoms with van der Waals surface area (Å²) in [7, 11) is 0. The van der Waals surface area contributed by atoms with Crippen molar-refractivity contribution >= 4 is 18.9 Å². The van der Waals surface area contributed by atoms with Crippen LogP contribution in [0.1, 0.15) is 55.2 Å². The molecule has 1 saturated carbocycles. The Labute approximate surface area is 210 Å². The van der Waals surface area contributed by atoms with E-state index in [2.05, 4.69) is 32.4 Å². The summed E-state index contributed by atoms with van der Waals surface area (Å²) in [5, 5.41) is 13.8. The first-order valence-electron chi connectivity index (χ1n) is 12.2. The van der Waals surface area contributed by atoms with E-state index in [-0.39, 0.29) is 24.5 Å². The van der Waals surface area contributed by atoms with Crippen molar-refractivity contribution in [3.63, 3.8) is 0 Å². The van der Waals surface area contributed by atoms with Gasteiger partial charge in [0.15, 0.2) is 0 Å². The highest BCUT2D eigenvalue weighted by molar-refractivity contribution is 5.77. The topological polar surface area (TPSA) is 138 Å². The minimum absolute atomic E-state index is 0.203. The lowest BCUT2D eigenvalue weighted by molar-refractivity contribution is -0.136. The van der Waals surface area contributed by atoms with Crippen LogP contribution in [0.25, 0.3) is 0 Å². The molecular formula is C25H35N5O6. The Bertz CT molecular complexity index is 994. The number of likely N-dealkylation sites (tertiary alicyclic amines) is 1. The van der Waals surface area contributed by atoms with Crippen LogP contribution in [-0.4, -0.2) is 85.2 Å². The van der Waals surface area contributed by atoms with Gasteiger partial charge in [0.05, 0.1) is 25.2 Å². The van der Waals surface area contributed by atoms with Crippen molar-refractivity contribution in [1.82, 2.24) is 24.3 Å². The van der Waals surface area contributed by atoms with Gasteiger partial charge in [-0.1, -0.05) is 6.07 Å². The maximum atomic E-state index is 13.1. The fourth-order valence-corrected chi connectivity index (χ4v) is 4.79. The summed E-state index contributed by atoms with van der Waals surface area (Å²) in [6.07, 6.45) is 10.5. The monoisotopic (exact) mass is 501 g/mol. The van der Waals surface area contributed by atoms with E-state index in [1.165, 1.54) is 18.4 Å². The van der Waals surface area contributed by atoms with Gasteiger partial charge in [0, 0.05) is 56.5 Å². The van der Waals surface area contributed by atoms with E-state index in [0.29, 0.717) is 32.2 Å². The molecule has 3 aliphatic rings. The molecular weight excluding hydrogens is 466 g/mol. The maximum Gasteiger partial charge on any atom is 0.290 e. The molecule has 1 amide bonds. The molecule has 2 N–H and O–H groups in total. The molecule has 4 heterocycles. The van der Waals surface area contributed by atoms with Gasteiger partial charge in [-0.3, -0.25) is 24.3 Å². The molecule has 1 aliphatic carbocycles. The lowest BCUT2D eigenvalue weighted by atomic mass is 9.87. The Balaban J connectivity index is 0.000000550. The lowest BCUT2D eigenvalue weighted by Crippen LogP contribution is -2.47. The van der Waals surface area contributed by atoms with Crippen molar-refractivity contribution in [3.05, 3.63) is 47.8 Å². The molecule has 0 aromatic carbocycles. The Kier molecular flexibility index (Phi) is 9.95. The van der Waals surface area contributed by atoms with Gasteiger partial charge in [0.2, 0.25) is 5.91 Å². The van der Waals surface area contributed by atoms with Crippen LogP contribution >= 0.6 is 0 Å². The number of imidazole rings is 1. The van der Waals surface area contributed by atoms with E-state index < -0.39 is 0 Å². The summed E-state index contributed by atoms with van der Waals surface area (Å²) in [5.41, 5.74) is 2.07. The number of ether oxygens (including phenoxy) is 1. The molecule has 2 aromatic rings. The Morgan fingerprint density at radius 2 is 1.78 bits per heavy atom. The molecule has 0 unspecified atom stereocenters. The predicted octanol–water partition coefficient (Wildman–Crippen LogP) is 2.11. The third-order valence-corrected chi connectivity index (χ3v) is 6.89. The smallest absolute Gasteiger partial charge is 0.290 e. The number of amides is 1.